The van der Waals surface area contributed by atoms with Crippen molar-refractivity contribution in [3.63, 3.8) is 0 Å². The van der Waals surface area contributed by atoms with Crippen LogP contribution in [0.2, 0.25) is 0 Å². The average Bonchev–Trinajstić information content (AvgIpc) is 2.11. The highest BCUT2D eigenvalue weighted by molar-refractivity contribution is 9.06. The molecule has 0 fully saturated rings. The molecule has 0 unspecified atom stereocenters. The number of esters is 1. The quantitative estimate of drug-likeness (QED) is 0.696. The van der Waals surface area contributed by atoms with E-state index < -0.39 is 0 Å². The lowest BCUT2D eigenvalue weighted by molar-refractivity contribution is -0.145. The van der Waals surface area contributed by atoms with E-state index in [0.717, 1.165) is 0 Å². The van der Waals surface area contributed by atoms with Crippen LogP contribution in [0.3, 0.4) is 0 Å². The van der Waals surface area contributed by atoms with E-state index in [2.05, 4.69) is 24.8 Å². The molecule has 0 spiro atoms. The first-order valence-corrected chi connectivity index (χ1v) is 4.15. The van der Waals surface area contributed by atoms with Crippen molar-refractivity contribution >= 4 is 28.2 Å². The van der Waals surface area contributed by atoms with E-state index in [9.17, 15) is 9.59 Å². The summed E-state index contributed by atoms with van der Waals surface area (Å²) in [5, 5.41) is 0. The van der Waals surface area contributed by atoms with Crippen LogP contribution in [0, 0.1) is 5.92 Å². The van der Waals surface area contributed by atoms with Crippen molar-refractivity contribution in [2.24, 2.45) is 5.92 Å². The smallest absolute Gasteiger partial charge is 0.317 e. The van der Waals surface area contributed by atoms with E-state index in [4.69, 9.17) is 0 Å². The standard InChI is InChI=1S/C7H11BrO4/c1-5(7(10)11-2)3-4-6(9)12-8/h5H,3-4H2,1-2H3/t5-/m0/s1. The second-order valence-corrected chi connectivity index (χ2v) is 2.74. The number of carbonyl (C=O) groups is 2. The van der Waals surface area contributed by atoms with Crippen LogP contribution in [0.4, 0.5) is 0 Å². The number of hydrogen-bond donors (Lipinski definition) is 0. The molecule has 0 aliphatic rings. The summed E-state index contributed by atoms with van der Waals surface area (Å²) >= 11 is 2.55. The largest absolute Gasteiger partial charge is 0.469 e. The van der Waals surface area contributed by atoms with Crippen LogP contribution < -0.4 is 0 Å². The SMILES string of the molecule is COC(=O)[C@@H](C)CCC(=O)OBr. The summed E-state index contributed by atoms with van der Waals surface area (Å²) in [4.78, 5) is 21.4. The molecule has 5 heteroatoms. The van der Waals surface area contributed by atoms with Gasteiger partial charge in [0.25, 0.3) is 0 Å². The zero-order valence-electron chi connectivity index (χ0n) is 7.00. The Labute approximate surface area is 79.7 Å². The van der Waals surface area contributed by atoms with Gasteiger partial charge in [-0.1, -0.05) is 6.92 Å². The zero-order valence-corrected chi connectivity index (χ0v) is 8.59. The minimum atomic E-state index is -0.384. The molecular weight excluding hydrogens is 228 g/mol. The van der Waals surface area contributed by atoms with Crippen molar-refractivity contribution in [2.75, 3.05) is 7.11 Å². The van der Waals surface area contributed by atoms with Crippen LogP contribution >= 0.6 is 16.3 Å². The molecular formula is C7H11BrO4. The Hall–Kier alpha value is -0.580. The van der Waals surface area contributed by atoms with E-state index in [1.807, 2.05) is 0 Å². The van der Waals surface area contributed by atoms with Gasteiger partial charge in [-0.25, -0.2) is 0 Å². The van der Waals surface area contributed by atoms with Gasteiger partial charge in [-0.05, 0) is 6.42 Å². The van der Waals surface area contributed by atoms with Gasteiger partial charge in [0.15, 0.2) is 16.3 Å². The van der Waals surface area contributed by atoms with E-state index in [1.54, 1.807) is 6.92 Å². The second kappa shape index (κ2) is 5.99. The Morgan fingerprint density at radius 1 is 1.50 bits per heavy atom. The third-order valence-corrected chi connectivity index (χ3v) is 1.83. The van der Waals surface area contributed by atoms with Crippen molar-refractivity contribution in [3.8, 4) is 0 Å². The Bertz CT molecular complexity index is 169. The molecule has 0 aliphatic carbocycles. The van der Waals surface area contributed by atoms with Crippen LogP contribution in [-0.2, 0) is 18.2 Å². The van der Waals surface area contributed by atoms with Crippen LogP contribution in [0.1, 0.15) is 19.8 Å². The molecule has 0 N–H and O–H groups in total. The fraction of sp³-hybridized carbons (Fsp3) is 0.714. The maximum Gasteiger partial charge on any atom is 0.317 e. The highest BCUT2D eigenvalue weighted by atomic mass is 79.9. The minimum Gasteiger partial charge on any atom is -0.469 e. The molecule has 0 aromatic heterocycles. The molecule has 4 nitrogen and oxygen atoms in total. The lowest BCUT2D eigenvalue weighted by atomic mass is 10.1. The fourth-order valence-electron chi connectivity index (χ4n) is 0.692. The number of rotatable bonds is 4. The summed E-state index contributed by atoms with van der Waals surface area (Å²) in [6, 6.07) is 0. The Morgan fingerprint density at radius 3 is 2.50 bits per heavy atom. The number of hydrogen-bond acceptors (Lipinski definition) is 4. The van der Waals surface area contributed by atoms with Crippen molar-refractivity contribution in [1.82, 2.24) is 0 Å². The third-order valence-electron chi connectivity index (χ3n) is 1.47. The summed E-state index contributed by atoms with van der Waals surface area (Å²) in [5.74, 6) is -0.954. The van der Waals surface area contributed by atoms with Gasteiger partial charge >= 0.3 is 11.9 Å². The first-order chi connectivity index (χ1) is 5.61. The van der Waals surface area contributed by atoms with Gasteiger partial charge < -0.3 is 8.57 Å². The number of ether oxygens (including phenoxy) is 1. The number of carbonyl (C=O) groups excluding carboxylic acids is 2. The van der Waals surface area contributed by atoms with E-state index >= 15 is 0 Å². The van der Waals surface area contributed by atoms with E-state index in [-0.39, 0.29) is 24.3 Å². The van der Waals surface area contributed by atoms with Gasteiger partial charge in [-0.2, -0.15) is 0 Å². The molecule has 0 aromatic carbocycles. The number of methoxy groups -OCH3 is 1. The zero-order chi connectivity index (χ0) is 9.56. The molecule has 70 valence electrons. The molecule has 0 radical (unpaired) electrons. The molecule has 0 amide bonds. The Morgan fingerprint density at radius 2 is 2.08 bits per heavy atom. The van der Waals surface area contributed by atoms with Crippen LogP contribution in [-0.4, -0.2) is 19.0 Å². The molecule has 0 aliphatic heterocycles. The van der Waals surface area contributed by atoms with Gasteiger partial charge in [0.05, 0.1) is 13.0 Å². The topological polar surface area (TPSA) is 52.6 Å². The van der Waals surface area contributed by atoms with Gasteiger partial charge in [-0.3, -0.25) is 9.59 Å². The lowest BCUT2D eigenvalue weighted by Crippen LogP contribution is -2.14. The van der Waals surface area contributed by atoms with Crippen molar-refractivity contribution in [2.45, 2.75) is 19.8 Å². The van der Waals surface area contributed by atoms with E-state index in [0.29, 0.717) is 6.42 Å². The van der Waals surface area contributed by atoms with Gasteiger partial charge in [0, 0.05) is 6.42 Å². The van der Waals surface area contributed by atoms with Crippen molar-refractivity contribution in [1.29, 1.82) is 0 Å². The predicted molar refractivity (Wildman–Crippen MR) is 45.4 cm³/mol. The molecule has 0 aromatic rings. The normalized spacial score (nSPS) is 11.9. The summed E-state index contributed by atoms with van der Waals surface area (Å²) in [6.45, 7) is 1.70. The summed E-state index contributed by atoms with van der Waals surface area (Å²) in [6.07, 6.45) is 0.651. The van der Waals surface area contributed by atoms with Gasteiger partial charge in [-0.15, -0.1) is 0 Å². The molecule has 12 heavy (non-hydrogen) atoms. The molecule has 0 saturated carbocycles. The first kappa shape index (κ1) is 11.4. The van der Waals surface area contributed by atoms with E-state index in [1.165, 1.54) is 7.11 Å². The molecule has 0 heterocycles. The maximum atomic E-state index is 10.8. The van der Waals surface area contributed by atoms with Crippen molar-refractivity contribution < 1.29 is 18.2 Å². The summed E-state index contributed by atoms with van der Waals surface area (Å²) in [7, 11) is 1.32. The van der Waals surface area contributed by atoms with Gasteiger partial charge in [0.2, 0.25) is 0 Å². The minimum absolute atomic E-state index is 0.210. The van der Waals surface area contributed by atoms with Crippen LogP contribution in [0.5, 0.6) is 0 Å². The number of halogens is 1. The summed E-state index contributed by atoms with van der Waals surface area (Å²) in [5.41, 5.74) is 0. The summed E-state index contributed by atoms with van der Waals surface area (Å²) < 4.78 is 8.71. The molecule has 1 atom stereocenters. The lowest BCUT2D eigenvalue weighted by Gasteiger charge is -2.06. The average molecular weight is 239 g/mol. The van der Waals surface area contributed by atoms with Crippen LogP contribution in [0.25, 0.3) is 0 Å². The highest BCUT2D eigenvalue weighted by Gasteiger charge is 2.14. The van der Waals surface area contributed by atoms with Crippen LogP contribution in [0.15, 0.2) is 0 Å². The highest BCUT2D eigenvalue weighted by Crippen LogP contribution is 2.08. The first-order valence-electron chi connectivity index (χ1n) is 3.51. The maximum absolute atomic E-state index is 10.8. The third kappa shape index (κ3) is 4.33. The van der Waals surface area contributed by atoms with Gasteiger partial charge in [0.1, 0.15) is 0 Å². The Balaban J connectivity index is 3.63. The monoisotopic (exact) mass is 238 g/mol. The second-order valence-electron chi connectivity index (χ2n) is 2.41. The fourth-order valence-corrected chi connectivity index (χ4v) is 0.854. The predicted octanol–water partition coefficient (Wildman–Crippen LogP) is 1.43. The molecule has 0 rings (SSSR count). The molecule has 0 saturated heterocycles. The molecule has 0 bridgehead atoms. The Kier molecular flexibility index (Phi) is 5.70. The van der Waals surface area contributed by atoms with Crippen molar-refractivity contribution in [3.05, 3.63) is 0 Å².